The molecule has 0 bridgehead atoms. The van der Waals surface area contributed by atoms with Crippen molar-refractivity contribution in [1.29, 1.82) is 0 Å². The van der Waals surface area contributed by atoms with Gasteiger partial charge >= 0.3 is 5.97 Å². The van der Waals surface area contributed by atoms with Crippen LogP contribution in [0.3, 0.4) is 0 Å². The molecule has 16 heavy (non-hydrogen) atoms. The van der Waals surface area contributed by atoms with Gasteiger partial charge in [0.05, 0.1) is 19.1 Å². The number of nitrogens with one attached hydrogen (secondary N) is 1. The first-order chi connectivity index (χ1) is 7.75. The van der Waals surface area contributed by atoms with Gasteiger partial charge in [0.1, 0.15) is 0 Å². The fraction of sp³-hybridized carbons (Fsp3) is 0.417. The lowest BCUT2D eigenvalue weighted by Crippen LogP contribution is -2.48. The van der Waals surface area contributed by atoms with Gasteiger partial charge < -0.3 is 15.2 Å². The second-order valence-corrected chi connectivity index (χ2v) is 3.93. The Balaban J connectivity index is 1.97. The van der Waals surface area contributed by atoms with Crippen LogP contribution in [0.1, 0.15) is 11.1 Å². The van der Waals surface area contributed by atoms with E-state index in [1.807, 2.05) is 24.3 Å². The fourth-order valence-corrected chi connectivity index (χ4v) is 1.62. The summed E-state index contributed by atoms with van der Waals surface area (Å²) in [6, 6.07) is 7.52. The van der Waals surface area contributed by atoms with E-state index in [-0.39, 0.29) is 12.5 Å². The molecule has 0 spiro atoms. The summed E-state index contributed by atoms with van der Waals surface area (Å²) < 4.78 is 5.63. The van der Waals surface area contributed by atoms with Gasteiger partial charge in [-0.25, -0.2) is 0 Å². The van der Waals surface area contributed by atoms with Gasteiger partial charge in [-0.3, -0.25) is 4.79 Å². The number of carboxylic acids is 1. The van der Waals surface area contributed by atoms with Gasteiger partial charge in [-0.05, 0) is 11.1 Å². The molecule has 4 heteroatoms. The molecule has 2 N–H and O–H groups in total. The van der Waals surface area contributed by atoms with Gasteiger partial charge in [0.2, 0.25) is 0 Å². The molecular weight excluding hydrogens is 206 g/mol. The number of ether oxygens (including phenoxy) is 1. The topological polar surface area (TPSA) is 58.6 Å². The van der Waals surface area contributed by atoms with Crippen LogP contribution in [0.25, 0.3) is 0 Å². The van der Waals surface area contributed by atoms with E-state index in [0.717, 1.165) is 24.2 Å². The Bertz CT molecular complexity index is 374. The molecule has 1 heterocycles. The Morgan fingerprint density at radius 1 is 1.38 bits per heavy atom. The van der Waals surface area contributed by atoms with Crippen LogP contribution in [0.5, 0.6) is 0 Å². The van der Waals surface area contributed by atoms with E-state index in [9.17, 15) is 4.79 Å². The molecular formula is C12H15NO3. The summed E-state index contributed by atoms with van der Waals surface area (Å²) in [5, 5.41) is 11.9. The lowest BCUT2D eigenvalue weighted by molar-refractivity contribution is -0.136. The van der Waals surface area contributed by atoms with Crippen molar-refractivity contribution < 1.29 is 14.6 Å². The van der Waals surface area contributed by atoms with Gasteiger partial charge in [0.25, 0.3) is 0 Å². The molecule has 1 aromatic rings. The van der Waals surface area contributed by atoms with E-state index in [1.54, 1.807) is 0 Å². The normalized spacial score (nSPS) is 15.8. The maximum atomic E-state index is 10.7. The van der Waals surface area contributed by atoms with Crippen LogP contribution in [0.4, 0.5) is 0 Å². The maximum absolute atomic E-state index is 10.7. The lowest BCUT2D eigenvalue weighted by Gasteiger charge is -2.27. The Morgan fingerprint density at radius 2 is 2.06 bits per heavy atom. The lowest BCUT2D eigenvalue weighted by atomic mass is 10.1. The number of carboxylic acid groups (broad SMARTS) is 1. The average molecular weight is 221 g/mol. The zero-order chi connectivity index (χ0) is 11.4. The van der Waals surface area contributed by atoms with Crippen molar-refractivity contribution in [2.75, 3.05) is 13.1 Å². The van der Waals surface area contributed by atoms with Crippen molar-refractivity contribution in [3.8, 4) is 0 Å². The van der Waals surface area contributed by atoms with E-state index >= 15 is 0 Å². The van der Waals surface area contributed by atoms with Crippen molar-refractivity contribution in [2.24, 2.45) is 0 Å². The Hall–Kier alpha value is -1.39. The smallest absolute Gasteiger partial charge is 0.307 e. The minimum absolute atomic E-state index is 0.0580. The largest absolute Gasteiger partial charge is 0.481 e. The monoisotopic (exact) mass is 221 g/mol. The van der Waals surface area contributed by atoms with Crippen LogP contribution in [0, 0.1) is 0 Å². The standard InChI is InChI=1S/C12H15NO3/c14-12(15)5-9-3-1-2-4-10(9)8-16-11-6-13-7-11/h1-4,11,13H,5-8H2,(H,14,15). The van der Waals surface area contributed by atoms with E-state index in [2.05, 4.69) is 5.32 Å². The second-order valence-electron chi connectivity index (χ2n) is 3.93. The minimum atomic E-state index is -0.808. The average Bonchev–Trinajstić information content (AvgIpc) is 2.17. The van der Waals surface area contributed by atoms with Crippen molar-refractivity contribution in [3.05, 3.63) is 35.4 Å². The number of aliphatic carboxylic acids is 1. The van der Waals surface area contributed by atoms with E-state index in [4.69, 9.17) is 9.84 Å². The SMILES string of the molecule is O=C(O)Cc1ccccc1COC1CNC1. The van der Waals surface area contributed by atoms with E-state index in [1.165, 1.54) is 0 Å². The van der Waals surface area contributed by atoms with Gasteiger partial charge in [-0.15, -0.1) is 0 Å². The summed E-state index contributed by atoms with van der Waals surface area (Å²) in [6.45, 7) is 2.28. The summed E-state index contributed by atoms with van der Waals surface area (Å²) >= 11 is 0. The predicted molar refractivity (Wildman–Crippen MR) is 59.2 cm³/mol. The van der Waals surface area contributed by atoms with Gasteiger partial charge in [0, 0.05) is 13.1 Å². The number of carbonyl (C=O) groups is 1. The highest BCUT2D eigenvalue weighted by Gasteiger charge is 2.17. The fourth-order valence-electron chi connectivity index (χ4n) is 1.62. The number of benzene rings is 1. The molecule has 0 radical (unpaired) electrons. The highest BCUT2D eigenvalue weighted by molar-refractivity contribution is 5.70. The van der Waals surface area contributed by atoms with Crippen molar-refractivity contribution in [3.63, 3.8) is 0 Å². The quantitative estimate of drug-likeness (QED) is 0.772. The number of hydrogen-bond acceptors (Lipinski definition) is 3. The first-order valence-electron chi connectivity index (χ1n) is 5.36. The number of rotatable bonds is 5. The molecule has 1 fully saturated rings. The van der Waals surface area contributed by atoms with Crippen molar-refractivity contribution >= 4 is 5.97 Å². The predicted octanol–water partition coefficient (Wildman–Crippen LogP) is 0.802. The molecule has 4 nitrogen and oxygen atoms in total. The molecule has 2 rings (SSSR count). The van der Waals surface area contributed by atoms with Crippen LogP contribution < -0.4 is 5.32 Å². The molecule has 1 aromatic carbocycles. The summed E-state index contributed by atoms with van der Waals surface area (Å²) in [7, 11) is 0. The molecule has 0 aliphatic carbocycles. The van der Waals surface area contributed by atoms with Crippen LogP contribution in [0.2, 0.25) is 0 Å². The van der Waals surface area contributed by atoms with E-state index < -0.39 is 5.97 Å². The van der Waals surface area contributed by atoms with Gasteiger partial charge in [0.15, 0.2) is 0 Å². The summed E-state index contributed by atoms with van der Waals surface area (Å²) in [5.41, 5.74) is 1.80. The van der Waals surface area contributed by atoms with Crippen LogP contribution in [-0.2, 0) is 22.6 Å². The van der Waals surface area contributed by atoms with E-state index in [0.29, 0.717) is 6.61 Å². The molecule has 0 saturated carbocycles. The molecule has 0 aromatic heterocycles. The zero-order valence-electron chi connectivity index (χ0n) is 8.98. The van der Waals surface area contributed by atoms with Crippen molar-refractivity contribution in [1.82, 2.24) is 5.32 Å². The highest BCUT2D eigenvalue weighted by Crippen LogP contribution is 2.13. The van der Waals surface area contributed by atoms with Crippen molar-refractivity contribution in [2.45, 2.75) is 19.1 Å². The molecule has 1 aliphatic heterocycles. The summed E-state index contributed by atoms with van der Waals surface area (Å²) in [6.07, 6.45) is 0.334. The Kier molecular flexibility index (Phi) is 3.54. The zero-order valence-corrected chi connectivity index (χ0v) is 8.98. The molecule has 0 atom stereocenters. The Labute approximate surface area is 94.2 Å². The first kappa shape index (κ1) is 11.1. The van der Waals surface area contributed by atoms with Crippen LogP contribution in [-0.4, -0.2) is 30.3 Å². The first-order valence-corrected chi connectivity index (χ1v) is 5.36. The molecule has 0 unspecified atom stereocenters. The van der Waals surface area contributed by atoms with Crippen LogP contribution >= 0.6 is 0 Å². The number of hydrogen-bond donors (Lipinski definition) is 2. The molecule has 86 valence electrons. The third kappa shape index (κ3) is 2.81. The highest BCUT2D eigenvalue weighted by atomic mass is 16.5. The maximum Gasteiger partial charge on any atom is 0.307 e. The van der Waals surface area contributed by atoms with Gasteiger partial charge in [-0.2, -0.15) is 0 Å². The Morgan fingerprint density at radius 3 is 2.62 bits per heavy atom. The van der Waals surface area contributed by atoms with Gasteiger partial charge in [-0.1, -0.05) is 24.3 Å². The third-order valence-electron chi connectivity index (χ3n) is 2.68. The minimum Gasteiger partial charge on any atom is -0.481 e. The summed E-state index contributed by atoms with van der Waals surface area (Å²) in [5.74, 6) is -0.808. The second kappa shape index (κ2) is 5.09. The third-order valence-corrected chi connectivity index (χ3v) is 2.68. The molecule has 1 aliphatic rings. The molecule has 1 saturated heterocycles. The molecule has 0 amide bonds. The summed E-state index contributed by atoms with van der Waals surface area (Å²) in [4.78, 5) is 10.7. The van der Waals surface area contributed by atoms with Crippen LogP contribution in [0.15, 0.2) is 24.3 Å².